The van der Waals surface area contributed by atoms with Crippen LogP contribution in [0.1, 0.15) is 11.1 Å². The zero-order valence-electron chi connectivity index (χ0n) is 10.4. The summed E-state index contributed by atoms with van der Waals surface area (Å²) in [5, 5.41) is 0. The van der Waals surface area contributed by atoms with Gasteiger partial charge in [-0.2, -0.15) is 0 Å². The lowest BCUT2D eigenvalue weighted by Crippen LogP contribution is -2.42. The van der Waals surface area contributed by atoms with Crippen molar-refractivity contribution in [1.29, 1.82) is 0 Å². The van der Waals surface area contributed by atoms with Crippen LogP contribution >= 0.6 is 0 Å². The van der Waals surface area contributed by atoms with E-state index >= 15 is 0 Å². The zero-order chi connectivity index (χ0) is 12.7. The van der Waals surface area contributed by atoms with E-state index in [1.165, 1.54) is 0 Å². The summed E-state index contributed by atoms with van der Waals surface area (Å²) in [6.07, 6.45) is 0.167. The molecule has 0 unspecified atom stereocenters. The molecule has 2 aliphatic rings. The van der Waals surface area contributed by atoms with Gasteiger partial charge in [-0.25, -0.2) is 9.78 Å². The normalized spacial score (nSPS) is 27.6. The second kappa shape index (κ2) is 4.17. The third-order valence-electron chi connectivity index (χ3n) is 3.81. The molecule has 0 spiro atoms. The van der Waals surface area contributed by atoms with Crippen LogP contribution in [-0.4, -0.2) is 18.8 Å². The second-order valence-corrected chi connectivity index (χ2v) is 4.93. The van der Waals surface area contributed by atoms with E-state index in [2.05, 4.69) is 24.3 Å². The molecule has 0 saturated carbocycles. The van der Waals surface area contributed by atoms with Gasteiger partial charge in [0.1, 0.15) is 18.8 Å². The van der Waals surface area contributed by atoms with E-state index in [1.54, 1.807) is 0 Å². The van der Waals surface area contributed by atoms with Gasteiger partial charge in [0.05, 0.1) is 0 Å². The summed E-state index contributed by atoms with van der Waals surface area (Å²) in [6.45, 7) is 0.506. The second-order valence-electron chi connectivity index (χ2n) is 4.93. The van der Waals surface area contributed by atoms with Gasteiger partial charge in [0.25, 0.3) is 0 Å². The van der Waals surface area contributed by atoms with Gasteiger partial charge in [0, 0.05) is 0 Å². The van der Waals surface area contributed by atoms with Gasteiger partial charge in [-0.05, 0) is 11.1 Å². The van der Waals surface area contributed by atoms with Crippen LogP contribution in [-0.2, 0) is 20.1 Å². The van der Waals surface area contributed by atoms with Crippen LogP contribution in [0.3, 0.4) is 0 Å². The Bertz CT molecular complexity index is 528. The highest BCUT2D eigenvalue weighted by molar-refractivity contribution is 5.40. The average molecular weight is 254 g/mol. The number of ether oxygens (including phenoxy) is 1. The largest absolute Gasteiger partial charge is 0.363 e. The summed E-state index contributed by atoms with van der Waals surface area (Å²) >= 11 is 0. The maximum Gasteiger partial charge on any atom is 0.182 e. The Morgan fingerprint density at radius 3 is 2.00 bits per heavy atom. The van der Waals surface area contributed by atoms with E-state index in [4.69, 9.17) is 14.5 Å². The van der Waals surface area contributed by atoms with Gasteiger partial charge in [-0.3, -0.25) is 0 Å². The van der Waals surface area contributed by atoms with Crippen molar-refractivity contribution in [3.63, 3.8) is 0 Å². The zero-order valence-corrected chi connectivity index (χ0v) is 10.4. The number of rotatable bonds is 2. The molecule has 0 bridgehead atoms. The minimum atomic E-state index is -0.647. The number of benzene rings is 2. The fourth-order valence-electron chi connectivity index (χ4n) is 2.83. The fraction of sp³-hybridized carbons (Fsp3) is 0.250. The topological polar surface area (TPSA) is 31.0 Å². The standard InChI is InChI=1S/C16H14O3/c1-3-7-12(8-4-1)16(13-9-5-2-6-10-13)15-14(18-15)11-17-19-16/h1-10,14-15H,11H2/t14-,15-/m0/s1. The SMILES string of the molecule is c1ccc(C2(c3ccccc3)OOC[C@@H]3O[C@@H]32)cc1. The van der Waals surface area contributed by atoms with E-state index in [0.29, 0.717) is 6.61 Å². The van der Waals surface area contributed by atoms with Crippen molar-refractivity contribution in [2.45, 2.75) is 17.8 Å². The molecule has 3 heteroatoms. The maximum absolute atomic E-state index is 5.77. The van der Waals surface area contributed by atoms with Crippen LogP contribution in [0.4, 0.5) is 0 Å². The molecular weight excluding hydrogens is 240 g/mol. The smallest absolute Gasteiger partial charge is 0.182 e. The van der Waals surface area contributed by atoms with Crippen molar-refractivity contribution in [3.05, 3.63) is 71.8 Å². The number of fused-ring (bicyclic) bond motifs is 1. The molecule has 3 nitrogen and oxygen atoms in total. The predicted molar refractivity (Wildman–Crippen MR) is 69.4 cm³/mol. The van der Waals surface area contributed by atoms with Crippen LogP contribution in [0.15, 0.2) is 60.7 Å². The van der Waals surface area contributed by atoms with E-state index in [-0.39, 0.29) is 12.2 Å². The summed E-state index contributed by atoms with van der Waals surface area (Å²) < 4.78 is 5.75. The van der Waals surface area contributed by atoms with Crippen molar-refractivity contribution in [1.82, 2.24) is 0 Å². The molecular formula is C16H14O3. The number of epoxide rings is 1. The lowest BCUT2D eigenvalue weighted by atomic mass is 9.82. The van der Waals surface area contributed by atoms with Crippen molar-refractivity contribution in [2.24, 2.45) is 0 Å². The molecule has 2 saturated heterocycles. The fourth-order valence-corrected chi connectivity index (χ4v) is 2.83. The third-order valence-corrected chi connectivity index (χ3v) is 3.81. The number of hydrogen-bond donors (Lipinski definition) is 0. The molecule has 2 aromatic rings. The van der Waals surface area contributed by atoms with E-state index in [1.807, 2.05) is 36.4 Å². The van der Waals surface area contributed by atoms with Crippen LogP contribution in [0.2, 0.25) is 0 Å². The molecule has 0 radical (unpaired) electrons. The quantitative estimate of drug-likeness (QED) is 0.610. The molecule has 4 rings (SSSR count). The molecule has 19 heavy (non-hydrogen) atoms. The maximum atomic E-state index is 5.77. The Morgan fingerprint density at radius 1 is 0.842 bits per heavy atom. The lowest BCUT2D eigenvalue weighted by Gasteiger charge is -2.34. The minimum absolute atomic E-state index is 0.0334. The predicted octanol–water partition coefficient (Wildman–Crippen LogP) is 2.66. The molecule has 0 N–H and O–H groups in total. The summed E-state index contributed by atoms with van der Waals surface area (Å²) in [7, 11) is 0. The van der Waals surface area contributed by atoms with E-state index < -0.39 is 5.60 Å². The first kappa shape index (κ1) is 11.2. The Morgan fingerprint density at radius 2 is 1.42 bits per heavy atom. The van der Waals surface area contributed by atoms with E-state index in [9.17, 15) is 0 Å². The summed E-state index contributed by atoms with van der Waals surface area (Å²) in [5.41, 5.74) is 1.48. The van der Waals surface area contributed by atoms with Gasteiger partial charge in [-0.1, -0.05) is 60.7 Å². The molecule has 2 aliphatic heterocycles. The Hall–Kier alpha value is -1.68. The van der Waals surface area contributed by atoms with Crippen molar-refractivity contribution >= 4 is 0 Å². The summed E-state index contributed by atoms with van der Waals surface area (Å²) in [4.78, 5) is 11.1. The van der Waals surface area contributed by atoms with Crippen LogP contribution in [0.25, 0.3) is 0 Å². The van der Waals surface area contributed by atoms with Gasteiger partial charge in [0.2, 0.25) is 0 Å². The first-order valence-corrected chi connectivity index (χ1v) is 6.48. The van der Waals surface area contributed by atoms with Gasteiger partial charge in [0.15, 0.2) is 5.60 Å². The third kappa shape index (κ3) is 1.63. The minimum Gasteiger partial charge on any atom is -0.363 e. The van der Waals surface area contributed by atoms with Crippen LogP contribution < -0.4 is 0 Å². The molecule has 0 aromatic heterocycles. The first-order valence-electron chi connectivity index (χ1n) is 6.48. The van der Waals surface area contributed by atoms with E-state index in [0.717, 1.165) is 11.1 Å². The molecule has 2 fully saturated rings. The Labute approximate surface area is 111 Å². The number of hydrogen-bond acceptors (Lipinski definition) is 3. The van der Waals surface area contributed by atoms with Crippen LogP contribution in [0.5, 0.6) is 0 Å². The molecule has 0 aliphatic carbocycles. The highest BCUT2D eigenvalue weighted by Gasteiger charge is 2.61. The molecule has 0 amide bonds. The molecule has 2 heterocycles. The summed E-state index contributed by atoms with van der Waals surface area (Å²) in [6, 6.07) is 20.3. The summed E-state index contributed by atoms with van der Waals surface area (Å²) in [5.74, 6) is 0. The Balaban J connectivity index is 1.89. The molecule has 96 valence electrons. The highest BCUT2D eigenvalue weighted by atomic mass is 17.2. The first-order chi connectivity index (χ1) is 9.41. The van der Waals surface area contributed by atoms with Crippen LogP contribution in [0, 0.1) is 0 Å². The monoisotopic (exact) mass is 254 g/mol. The average Bonchev–Trinajstić information content (AvgIpc) is 3.28. The highest BCUT2D eigenvalue weighted by Crippen LogP contribution is 2.49. The van der Waals surface area contributed by atoms with Gasteiger partial charge in [-0.15, -0.1) is 0 Å². The van der Waals surface area contributed by atoms with Crippen molar-refractivity contribution in [3.8, 4) is 0 Å². The van der Waals surface area contributed by atoms with Crippen molar-refractivity contribution < 1.29 is 14.5 Å². The van der Waals surface area contributed by atoms with Gasteiger partial charge < -0.3 is 4.74 Å². The lowest BCUT2D eigenvalue weighted by molar-refractivity contribution is -0.369. The van der Waals surface area contributed by atoms with Gasteiger partial charge >= 0.3 is 0 Å². The van der Waals surface area contributed by atoms with Crippen molar-refractivity contribution in [2.75, 3.05) is 6.61 Å². The molecule has 2 aromatic carbocycles. The molecule has 2 atom stereocenters. The Kier molecular flexibility index (Phi) is 2.45.